The van der Waals surface area contributed by atoms with Crippen molar-refractivity contribution in [1.29, 1.82) is 0 Å². The van der Waals surface area contributed by atoms with Gasteiger partial charge in [0.25, 0.3) is 0 Å². The largest absolute Gasteiger partial charge is 0.469 e. The Morgan fingerprint density at radius 2 is 2.00 bits per heavy atom. The van der Waals surface area contributed by atoms with Gasteiger partial charge in [0.2, 0.25) is 0 Å². The van der Waals surface area contributed by atoms with E-state index in [-0.39, 0.29) is 30.2 Å². The number of hydrogen-bond donors (Lipinski definition) is 1. The molecule has 0 bridgehead atoms. The molecule has 0 amide bonds. The average Bonchev–Trinajstić information content (AvgIpc) is 2.71. The number of esters is 2. The molecule has 0 saturated carbocycles. The molecule has 96 valence electrons. The van der Waals surface area contributed by atoms with E-state index in [2.05, 4.69) is 16.6 Å². The van der Waals surface area contributed by atoms with Crippen LogP contribution in [0.1, 0.15) is 13.3 Å². The molecule has 0 aliphatic carbocycles. The third kappa shape index (κ3) is 3.06. The van der Waals surface area contributed by atoms with Crippen molar-refractivity contribution >= 4 is 11.9 Å². The van der Waals surface area contributed by atoms with E-state index in [0.717, 1.165) is 5.57 Å². The monoisotopic (exact) mass is 241 g/mol. The van der Waals surface area contributed by atoms with Crippen LogP contribution in [0.25, 0.3) is 0 Å². The molecule has 0 aromatic heterocycles. The zero-order valence-electron chi connectivity index (χ0n) is 10.5. The predicted molar refractivity (Wildman–Crippen MR) is 62.2 cm³/mol. The van der Waals surface area contributed by atoms with E-state index in [1.54, 1.807) is 0 Å². The van der Waals surface area contributed by atoms with Crippen molar-refractivity contribution in [3.8, 4) is 0 Å². The zero-order chi connectivity index (χ0) is 13.0. The van der Waals surface area contributed by atoms with Crippen LogP contribution in [0.4, 0.5) is 0 Å². The van der Waals surface area contributed by atoms with Gasteiger partial charge in [-0.1, -0.05) is 12.2 Å². The first kappa shape index (κ1) is 13.7. The molecule has 0 unspecified atom stereocenters. The Morgan fingerprint density at radius 1 is 1.35 bits per heavy atom. The lowest BCUT2D eigenvalue weighted by Gasteiger charge is -2.21. The van der Waals surface area contributed by atoms with Crippen LogP contribution < -0.4 is 5.32 Å². The van der Waals surface area contributed by atoms with E-state index in [1.165, 1.54) is 14.2 Å². The second-order valence-corrected chi connectivity index (χ2v) is 4.31. The highest BCUT2D eigenvalue weighted by molar-refractivity contribution is 5.78. The van der Waals surface area contributed by atoms with Crippen LogP contribution >= 0.6 is 0 Å². The highest BCUT2D eigenvalue weighted by atomic mass is 16.5. The quantitative estimate of drug-likeness (QED) is 0.573. The first-order valence-electron chi connectivity index (χ1n) is 5.54. The predicted octanol–water partition coefficient (Wildman–Crippen LogP) is 0.503. The summed E-state index contributed by atoms with van der Waals surface area (Å²) in [6.45, 7) is 6.43. The summed E-state index contributed by atoms with van der Waals surface area (Å²) in [5, 5.41) is 3.08. The molecule has 0 radical (unpaired) electrons. The maximum Gasteiger partial charge on any atom is 0.323 e. The fourth-order valence-corrected chi connectivity index (χ4v) is 2.25. The molecule has 1 aliphatic heterocycles. The molecular weight excluding hydrogens is 222 g/mol. The number of carbonyl (C=O) groups is 2. The molecule has 1 rings (SSSR count). The Morgan fingerprint density at radius 3 is 2.47 bits per heavy atom. The van der Waals surface area contributed by atoms with Crippen LogP contribution in [0, 0.1) is 11.8 Å². The van der Waals surface area contributed by atoms with E-state index in [0.29, 0.717) is 6.54 Å². The van der Waals surface area contributed by atoms with E-state index in [9.17, 15) is 9.59 Å². The third-order valence-electron chi connectivity index (χ3n) is 3.22. The molecular formula is C12H19NO4. The Balaban J connectivity index is 2.82. The van der Waals surface area contributed by atoms with E-state index in [1.807, 2.05) is 6.92 Å². The lowest BCUT2D eigenvalue weighted by Crippen LogP contribution is -2.38. The summed E-state index contributed by atoms with van der Waals surface area (Å²) in [5.41, 5.74) is 0.956. The van der Waals surface area contributed by atoms with Crippen molar-refractivity contribution in [3.05, 3.63) is 12.2 Å². The molecule has 1 aliphatic rings. The molecule has 0 aromatic rings. The molecule has 17 heavy (non-hydrogen) atoms. The van der Waals surface area contributed by atoms with Gasteiger partial charge >= 0.3 is 11.9 Å². The minimum absolute atomic E-state index is 0.0956. The van der Waals surface area contributed by atoms with Crippen molar-refractivity contribution in [3.63, 3.8) is 0 Å². The summed E-state index contributed by atoms with van der Waals surface area (Å²) in [7, 11) is 2.68. The molecule has 3 atom stereocenters. The van der Waals surface area contributed by atoms with Crippen LogP contribution in [0.3, 0.4) is 0 Å². The molecule has 1 fully saturated rings. The van der Waals surface area contributed by atoms with Crippen molar-refractivity contribution in [2.75, 3.05) is 20.8 Å². The van der Waals surface area contributed by atoms with Crippen molar-refractivity contribution < 1.29 is 19.1 Å². The molecule has 5 heteroatoms. The number of hydrogen-bond acceptors (Lipinski definition) is 5. The topological polar surface area (TPSA) is 64.6 Å². The van der Waals surface area contributed by atoms with Crippen LogP contribution in [-0.4, -0.2) is 38.7 Å². The van der Waals surface area contributed by atoms with Gasteiger partial charge in [-0.15, -0.1) is 0 Å². The second kappa shape index (κ2) is 5.82. The summed E-state index contributed by atoms with van der Waals surface area (Å²) in [6, 6.07) is -0.458. The Labute approximate surface area is 101 Å². The van der Waals surface area contributed by atoms with E-state index in [4.69, 9.17) is 4.74 Å². The minimum Gasteiger partial charge on any atom is -0.469 e. The number of methoxy groups -OCH3 is 2. The zero-order valence-corrected chi connectivity index (χ0v) is 10.5. The van der Waals surface area contributed by atoms with Gasteiger partial charge in [-0.3, -0.25) is 9.59 Å². The Hall–Kier alpha value is -1.36. The van der Waals surface area contributed by atoms with Gasteiger partial charge in [0.05, 0.1) is 20.6 Å². The number of ether oxygens (including phenoxy) is 2. The Bertz CT molecular complexity index is 326. The number of nitrogens with one attached hydrogen (secondary N) is 1. The average molecular weight is 241 g/mol. The van der Waals surface area contributed by atoms with Gasteiger partial charge in [-0.25, -0.2) is 0 Å². The van der Waals surface area contributed by atoms with Crippen molar-refractivity contribution in [2.45, 2.75) is 19.4 Å². The van der Waals surface area contributed by atoms with Crippen LogP contribution in [-0.2, 0) is 19.1 Å². The highest BCUT2D eigenvalue weighted by Crippen LogP contribution is 2.31. The van der Waals surface area contributed by atoms with Crippen LogP contribution in [0.15, 0.2) is 12.2 Å². The molecule has 5 nitrogen and oxygen atoms in total. The van der Waals surface area contributed by atoms with Crippen molar-refractivity contribution in [2.24, 2.45) is 11.8 Å². The van der Waals surface area contributed by atoms with Gasteiger partial charge < -0.3 is 14.8 Å². The summed E-state index contributed by atoms with van der Waals surface area (Å²) >= 11 is 0. The molecule has 0 spiro atoms. The standard InChI is InChI=1S/C12H19NO4/c1-7(2)9-6-13-11(12(15)17-4)8(9)5-10(14)16-3/h8-9,11,13H,1,5-6H2,2-4H3/t8-,9+,11+/m1/s1. The van der Waals surface area contributed by atoms with Gasteiger partial charge in [0.1, 0.15) is 6.04 Å². The summed E-state index contributed by atoms with van der Waals surface area (Å²) in [6.07, 6.45) is 0.195. The van der Waals surface area contributed by atoms with Gasteiger partial charge in [-0.05, 0) is 12.8 Å². The first-order chi connectivity index (χ1) is 8.01. The smallest absolute Gasteiger partial charge is 0.323 e. The lowest BCUT2D eigenvalue weighted by molar-refractivity contribution is -0.146. The summed E-state index contributed by atoms with van der Waals surface area (Å²) in [5.74, 6) is -0.716. The Kier molecular flexibility index (Phi) is 4.69. The van der Waals surface area contributed by atoms with Gasteiger partial charge in [0.15, 0.2) is 0 Å². The minimum atomic E-state index is -0.458. The van der Waals surface area contributed by atoms with Crippen molar-refractivity contribution in [1.82, 2.24) is 5.32 Å². The highest BCUT2D eigenvalue weighted by Gasteiger charge is 2.42. The maximum absolute atomic E-state index is 11.6. The van der Waals surface area contributed by atoms with E-state index < -0.39 is 6.04 Å². The number of carbonyl (C=O) groups excluding carboxylic acids is 2. The molecule has 1 saturated heterocycles. The molecule has 1 heterocycles. The normalized spacial score (nSPS) is 27.6. The van der Waals surface area contributed by atoms with Crippen LogP contribution in [0.5, 0.6) is 0 Å². The molecule has 0 aromatic carbocycles. The fourth-order valence-electron chi connectivity index (χ4n) is 2.25. The summed E-state index contributed by atoms with van der Waals surface area (Å²) < 4.78 is 9.38. The maximum atomic E-state index is 11.6. The summed E-state index contributed by atoms with van der Waals surface area (Å²) in [4.78, 5) is 23.0. The third-order valence-corrected chi connectivity index (χ3v) is 3.22. The van der Waals surface area contributed by atoms with Gasteiger partial charge in [-0.2, -0.15) is 0 Å². The number of rotatable bonds is 4. The molecule has 1 N–H and O–H groups in total. The first-order valence-corrected chi connectivity index (χ1v) is 5.54. The van der Waals surface area contributed by atoms with Gasteiger partial charge in [0, 0.05) is 12.5 Å². The van der Waals surface area contributed by atoms with Crippen LogP contribution in [0.2, 0.25) is 0 Å². The second-order valence-electron chi connectivity index (χ2n) is 4.31. The lowest BCUT2D eigenvalue weighted by atomic mass is 9.84. The SMILES string of the molecule is C=C(C)[C@@H]1CN[C@H](C(=O)OC)[C@@H]1CC(=O)OC. The van der Waals surface area contributed by atoms with E-state index >= 15 is 0 Å². The fraction of sp³-hybridized carbons (Fsp3) is 0.667.